The van der Waals surface area contributed by atoms with E-state index in [1.807, 2.05) is 0 Å². The molecule has 3 N–H and O–H groups in total. The van der Waals surface area contributed by atoms with Gasteiger partial charge in [-0.1, -0.05) is 12.1 Å². The van der Waals surface area contributed by atoms with Crippen LogP contribution >= 0.6 is 0 Å². The van der Waals surface area contributed by atoms with Crippen molar-refractivity contribution in [2.45, 2.75) is 13.0 Å². The number of nitrogen functional groups attached to an aromatic ring is 1. The minimum absolute atomic E-state index is 0.0870. The number of amides is 1. The maximum atomic E-state index is 13.1. The summed E-state index contributed by atoms with van der Waals surface area (Å²) < 4.78 is 26.1. The van der Waals surface area contributed by atoms with Crippen molar-refractivity contribution in [1.29, 1.82) is 0 Å². The van der Waals surface area contributed by atoms with Crippen molar-refractivity contribution in [3.05, 3.63) is 65.2 Å². The van der Waals surface area contributed by atoms with Crippen LogP contribution in [0.5, 0.6) is 0 Å². The molecule has 5 heteroatoms. The van der Waals surface area contributed by atoms with Crippen LogP contribution in [0.15, 0.2) is 42.5 Å². The first-order chi connectivity index (χ1) is 9.47. The molecule has 104 valence electrons. The Kier molecular flexibility index (Phi) is 3.98. The predicted molar refractivity (Wildman–Crippen MR) is 73.1 cm³/mol. The molecule has 1 amide bonds. The molecular formula is C15H14F2N2O. The normalized spacial score (nSPS) is 11.9. The minimum atomic E-state index is -0.570. The highest BCUT2D eigenvalue weighted by Crippen LogP contribution is 2.16. The molecule has 0 aliphatic heterocycles. The van der Waals surface area contributed by atoms with Gasteiger partial charge in [-0.3, -0.25) is 4.79 Å². The van der Waals surface area contributed by atoms with Crippen LogP contribution in [0.2, 0.25) is 0 Å². The van der Waals surface area contributed by atoms with E-state index in [2.05, 4.69) is 5.32 Å². The number of benzene rings is 2. The zero-order valence-electron chi connectivity index (χ0n) is 10.9. The highest BCUT2D eigenvalue weighted by Gasteiger charge is 2.13. The molecule has 3 nitrogen and oxygen atoms in total. The summed E-state index contributed by atoms with van der Waals surface area (Å²) >= 11 is 0. The van der Waals surface area contributed by atoms with Crippen LogP contribution in [0, 0.1) is 11.6 Å². The molecule has 0 radical (unpaired) electrons. The largest absolute Gasteiger partial charge is 0.396 e. The van der Waals surface area contributed by atoms with Gasteiger partial charge in [-0.05, 0) is 42.8 Å². The number of anilines is 1. The quantitative estimate of drug-likeness (QED) is 0.847. The lowest BCUT2D eigenvalue weighted by molar-refractivity contribution is 0.0940. The fraction of sp³-hybridized carbons (Fsp3) is 0.133. The maximum Gasteiger partial charge on any atom is 0.251 e. The molecule has 20 heavy (non-hydrogen) atoms. The first kappa shape index (κ1) is 14.0. The van der Waals surface area contributed by atoms with Gasteiger partial charge in [-0.2, -0.15) is 0 Å². The van der Waals surface area contributed by atoms with Gasteiger partial charge in [0.15, 0.2) is 0 Å². The second-order valence-electron chi connectivity index (χ2n) is 4.49. The lowest BCUT2D eigenvalue weighted by Gasteiger charge is -2.14. The highest BCUT2D eigenvalue weighted by atomic mass is 19.1. The Morgan fingerprint density at radius 3 is 2.60 bits per heavy atom. The number of nitrogens with two attached hydrogens (primary N) is 1. The Balaban J connectivity index is 2.13. The van der Waals surface area contributed by atoms with E-state index in [0.29, 0.717) is 5.56 Å². The summed E-state index contributed by atoms with van der Waals surface area (Å²) in [6.07, 6.45) is 0. The number of hydrogen-bond donors (Lipinski definition) is 2. The maximum absolute atomic E-state index is 13.1. The lowest BCUT2D eigenvalue weighted by Crippen LogP contribution is -2.26. The van der Waals surface area contributed by atoms with Gasteiger partial charge in [0, 0.05) is 5.56 Å². The molecule has 2 aromatic rings. The van der Waals surface area contributed by atoms with Gasteiger partial charge in [0.25, 0.3) is 5.91 Å². The summed E-state index contributed by atoms with van der Waals surface area (Å²) in [5, 5.41) is 2.70. The van der Waals surface area contributed by atoms with Gasteiger partial charge in [-0.15, -0.1) is 0 Å². The van der Waals surface area contributed by atoms with Gasteiger partial charge >= 0.3 is 0 Å². The first-order valence-electron chi connectivity index (χ1n) is 6.08. The Labute approximate surface area is 115 Å². The lowest BCUT2D eigenvalue weighted by atomic mass is 10.1. The standard InChI is InChI=1S/C15H14F2N2O/c1-9(10-3-2-4-12(16)7-10)19-15(20)11-5-6-13(17)14(18)8-11/h2-9H,18H2,1H3,(H,19,20). The third-order valence-electron chi connectivity index (χ3n) is 2.95. The number of carbonyl (C=O) groups is 1. The van der Waals surface area contributed by atoms with E-state index in [1.54, 1.807) is 19.1 Å². The van der Waals surface area contributed by atoms with Crippen molar-refractivity contribution in [2.75, 3.05) is 5.73 Å². The third kappa shape index (κ3) is 3.12. The van der Waals surface area contributed by atoms with Crippen LogP contribution in [0.1, 0.15) is 28.9 Å². The summed E-state index contributed by atoms with van der Waals surface area (Å²) in [7, 11) is 0. The number of nitrogens with one attached hydrogen (secondary N) is 1. The van der Waals surface area contributed by atoms with Crippen LogP contribution in [0.25, 0.3) is 0 Å². The highest BCUT2D eigenvalue weighted by molar-refractivity contribution is 5.95. The molecule has 1 atom stereocenters. The van der Waals surface area contributed by atoms with Crippen molar-refractivity contribution < 1.29 is 13.6 Å². The first-order valence-corrected chi connectivity index (χ1v) is 6.08. The average Bonchev–Trinajstić information content (AvgIpc) is 2.41. The summed E-state index contributed by atoms with van der Waals surface area (Å²) in [5.74, 6) is -1.33. The van der Waals surface area contributed by atoms with Crippen molar-refractivity contribution >= 4 is 11.6 Å². The van der Waals surface area contributed by atoms with Crippen molar-refractivity contribution in [3.8, 4) is 0 Å². The third-order valence-corrected chi connectivity index (χ3v) is 2.95. The molecule has 0 saturated heterocycles. The van der Waals surface area contributed by atoms with Crippen LogP contribution < -0.4 is 11.1 Å². The smallest absolute Gasteiger partial charge is 0.251 e. The van der Waals surface area contributed by atoms with E-state index < -0.39 is 11.7 Å². The van der Waals surface area contributed by atoms with Crippen LogP contribution in [-0.2, 0) is 0 Å². The monoisotopic (exact) mass is 276 g/mol. The minimum Gasteiger partial charge on any atom is -0.396 e. The molecule has 1 unspecified atom stereocenters. The Hall–Kier alpha value is -2.43. The SMILES string of the molecule is CC(NC(=O)c1ccc(F)c(N)c1)c1cccc(F)c1. The Morgan fingerprint density at radius 2 is 1.95 bits per heavy atom. The van der Waals surface area contributed by atoms with E-state index in [4.69, 9.17) is 5.73 Å². The summed E-state index contributed by atoms with van der Waals surface area (Å²) in [6.45, 7) is 1.74. The molecule has 0 heterocycles. The van der Waals surface area contributed by atoms with E-state index in [9.17, 15) is 13.6 Å². The Bertz CT molecular complexity index is 644. The molecule has 2 rings (SSSR count). The van der Waals surface area contributed by atoms with E-state index in [-0.39, 0.29) is 23.1 Å². The number of halogens is 2. The van der Waals surface area contributed by atoms with Crippen LogP contribution in [0.3, 0.4) is 0 Å². The van der Waals surface area contributed by atoms with Crippen LogP contribution in [-0.4, -0.2) is 5.91 Å². The second kappa shape index (κ2) is 5.69. The van der Waals surface area contributed by atoms with E-state index in [0.717, 1.165) is 6.07 Å². The zero-order valence-corrected chi connectivity index (χ0v) is 10.9. The van der Waals surface area contributed by atoms with Gasteiger partial charge < -0.3 is 11.1 Å². The van der Waals surface area contributed by atoms with E-state index in [1.165, 1.54) is 24.3 Å². The Morgan fingerprint density at radius 1 is 1.20 bits per heavy atom. The molecular weight excluding hydrogens is 262 g/mol. The van der Waals surface area contributed by atoms with Crippen molar-refractivity contribution in [1.82, 2.24) is 5.32 Å². The van der Waals surface area contributed by atoms with Crippen molar-refractivity contribution in [2.24, 2.45) is 0 Å². The molecule has 0 spiro atoms. The second-order valence-corrected chi connectivity index (χ2v) is 4.49. The molecule has 0 aliphatic rings. The van der Waals surface area contributed by atoms with Gasteiger partial charge in [0.2, 0.25) is 0 Å². The van der Waals surface area contributed by atoms with Gasteiger partial charge in [0.1, 0.15) is 11.6 Å². The zero-order chi connectivity index (χ0) is 14.7. The molecule has 2 aromatic carbocycles. The molecule has 0 aromatic heterocycles. The molecule has 0 aliphatic carbocycles. The van der Waals surface area contributed by atoms with Gasteiger partial charge in [0.05, 0.1) is 11.7 Å². The fourth-order valence-electron chi connectivity index (χ4n) is 1.82. The van der Waals surface area contributed by atoms with E-state index >= 15 is 0 Å². The summed E-state index contributed by atoms with van der Waals surface area (Å²) in [4.78, 5) is 12.0. The average molecular weight is 276 g/mol. The number of hydrogen-bond acceptors (Lipinski definition) is 2. The molecule has 0 saturated carbocycles. The summed E-state index contributed by atoms with van der Waals surface area (Å²) in [6, 6.07) is 9.35. The summed E-state index contributed by atoms with van der Waals surface area (Å²) in [5.41, 5.74) is 6.23. The number of rotatable bonds is 3. The van der Waals surface area contributed by atoms with Crippen molar-refractivity contribution in [3.63, 3.8) is 0 Å². The fourth-order valence-corrected chi connectivity index (χ4v) is 1.82. The van der Waals surface area contributed by atoms with Crippen LogP contribution in [0.4, 0.5) is 14.5 Å². The molecule has 0 bridgehead atoms. The predicted octanol–water partition coefficient (Wildman–Crippen LogP) is 3.04. The molecule has 0 fully saturated rings. The number of carbonyl (C=O) groups excluding carboxylic acids is 1. The van der Waals surface area contributed by atoms with Gasteiger partial charge in [-0.25, -0.2) is 8.78 Å². The topological polar surface area (TPSA) is 55.1 Å².